The minimum atomic E-state index is -4.70. The molecule has 1 N–H and O–H groups in total. The van der Waals surface area contributed by atoms with Crippen LogP contribution in [0.2, 0.25) is 5.02 Å². The maximum atomic E-state index is 13.0. The predicted octanol–water partition coefficient (Wildman–Crippen LogP) is 4.87. The first-order valence-electron chi connectivity index (χ1n) is 8.73. The van der Waals surface area contributed by atoms with Gasteiger partial charge in [-0.1, -0.05) is 29.8 Å². The number of hydrogen-bond donors (Lipinski definition) is 1. The Balaban J connectivity index is 1.88. The lowest BCUT2D eigenvalue weighted by Gasteiger charge is -2.14. The molecule has 5 nitrogen and oxygen atoms in total. The number of esters is 1. The van der Waals surface area contributed by atoms with Crippen molar-refractivity contribution in [2.24, 2.45) is 0 Å². The zero-order chi connectivity index (χ0) is 21.4. The van der Waals surface area contributed by atoms with E-state index < -0.39 is 35.9 Å². The summed E-state index contributed by atoms with van der Waals surface area (Å²) in [6.07, 6.45) is -4.36. The Kier molecular flexibility index (Phi) is 7.90. The summed E-state index contributed by atoms with van der Waals surface area (Å²) in [6.45, 7) is 1.62. The lowest BCUT2D eigenvalue weighted by atomic mass is 10.1. The Morgan fingerprint density at radius 1 is 1.14 bits per heavy atom. The first-order valence-corrected chi connectivity index (χ1v) is 9.11. The largest absolute Gasteiger partial charge is 0.494 e. The number of aryl methyl sites for hydroxylation is 1. The molecule has 2 rings (SSSR count). The summed E-state index contributed by atoms with van der Waals surface area (Å²) in [7, 11) is 0. The standard InChI is InChI=1S/C20H19ClF3NO4/c1-2-28-17-6-4-3-5-13(17)7-10-19(27)29-12-18(26)25-16-9-8-14(21)11-15(16)20(22,23)24/h3-6,8-9,11H,2,7,10,12H2,1H3,(H,25,26). The third-order valence-electron chi connectivity index (χ3n) is 3.80. The molecule has 0 saturated carbocycles. The first kappa shape index (κ1) is 22.5. The number of nitrogens with one attached hydrogen (secondary N) is 1. The van der Waals surface area contributed by atoms with E-state index in [0.29, 0.717) is 24.8 Å². The summed E-state index contributed by atoms with van der Waals surface area (Å²) >= 11 is 5.59. The number of benzene rings is 2. The van der Waals surface area contributed by atoms with Gasteiger partial charge in [0.1, 0.15) is 5.75 Å². The number of carbonyl (C=O) groups is 2. The third kappa shape index (κ3) is 6.98. The van der Waals surface area contributed by atoms with Crippen LogP contribution in [0.5, 0.6) is 5.75 Å². The number of anilines is 1. The van der Waals surface area contributed by atoms with Gasteiger partial charge >= 0.3 is 12.1 Å². The average molecular weight is 430 g/mol. The summed E-state index contributed by atoms with van der Waals surface area (Å²) in [5, 5.41) is 1.97. The Labute approximate surface area is 170 Å². The minimum absolute atomic E-state index is 0.00782. The van der Waals surface area contributed by atoms with Crippen molar-refractivity contribution < 1.29 is 32.2 Å². The number of para-hydroxylation sites is 1. The van der Waals surface area contributed by atoms with Crippen LogP contribution in [0.1, 0.15) is 24.5 Å². The number of rotatable bonds is 8. The summed E-state index contributed by atoms with van der Waals surface area (Å²) in [4.78, 5) is 23.8. The smallest absolute Gasteiger partial charge is 0.418 e. The van der Waals surface area contributed by atoms with E-state index in [2.05, 4.69) is 5.32 Å². The number of alkyl halides is 3. The highest BCUT2D eigenvalue weighted by Crippen LogP contribution is 2.36. The molecule has 0 fully saturated rings. The molecule has 0 radical (unpaired) electrons. The lowest BCUT2D eigenvalue weighted by molar-refractivity contribution is -0.147. The van der Waals surface area contributed by atoms with Gasteiger partial charge < -0.3 is 14.8 Å². The number of ether oxygens (including phenoxy) is 2. The normalized spacial score (nSPS) is 11.1. The monoisotopic (exact) mass is 429 g/mol. The summed E-state index contributed by atoms with van der Waals surface area (Å²) < 4.78 is 49.4. The molecule has 29 heavy (non-hydrogen) atoms. The Morgan fingerprint density at radius 3 is 2.55 bits per heavy atom. The SMILES string of the molecule is CCOc1ccccc1CCC(=O)OCC(=O)Nc1ccc(Cl)cc1C(F)(F)F. The van der Waals surface area contributed by atoms with Crippen LogP contribution in [0, 0.1) is 0 Å². The van der Waals surface area contributed by atoms with Gasteiger partial charge in [0.15, 0.2) is 6.61 Å². The van der Waals surface area contributed by atoms with Gasteiger partial charge in [-0.2, -0.15) is 13.2 Å². The molecule has 2 aromatic carbocycles. The number of halogens is 4. The van der Waals surface area contributed by atoms with Crippen molar-refractivity contribution >= 4 is 29.2 Å². The second-order valence-electron chi connectivity index (χ2n) is 5.94. The number of hydrogen-bond acceptors (Lipinski definition) is 4. The van der Waals surface area contributed by atoms with Gasteiger partial charge in [0, 0.05) is 11.4 Å². The predicted molar refractivity (Wildman–Crippen MR) is 102 cm³/mol. The molecule has 0 saturated heterocycles. The zero-order valence-electron chi connectivity index (χ0n) is 15.5. The molecular formula is C20H19ClF3NO4. The van der Waals surface area contributed by atoms with E-state index in [1.165, 1.54) is 6.07 Å². The van der Waals surface area contributed by atoms with Crippen molar-refractivity contribution in [3.05, 3.63) is 58.6 Å². The van der Waals surface area contributed by atoms with Crippen LogP contribution in [-0.4, -0.2) is 25.1 Å². The van der Waals surface area contributed by atoms with E-state index in [1.54, 1.807) is 12.1 Å². The van der Waals surface area contributed by atoms with E-state index in [4.69, 9.17) is 21.1 Å². The molecule has 0 bridgehead atoms. The molecular weight excluding hydrogens is 411 g/mol. The van der Waals surface area contributed by atoms with Crippen molar-refractivity contribution in [2.45, 2.75) is 25.9 Å². The Bertz CT molecular complexity index is 871. The molecule has 2 aromatic rings. The van der Waals surface area contributed by atoms with Crippen molar-refractivity contribution in [1.29, 1.82) is 0 Å². The van der Waals surface area contributed by atoms with E-state index in [1.807, 2.05) is 19.1 Å². The summed E-state index contributed by atoms with van der Waals surface area (Å²) in [5.74, 6) is -0.887. The fraction of sp³-hybridized carbons (Fsp3) is 0.300. The van der Waals surface area contributed by atoms with Crippen molar-refractivity contribution in [3.63, 3.8) is 0 Å². The van der Waals surface area contributed by atoms with Gasteiger partial charge in [-0.25, -0.2) is 0 Å². The fourth-order valence-electron chi connectivity index (χ4n) is 2.51. The van der Waals surface area contributed by atoms with Crippen LogP contribution < -0.4 is 10.1 Å². The second-order valence-corrected chi connectivity index (χ2v) is 6.37. The van der Waals surface area contributed by atoms with Crippen LogP contribution >= 0.6 is 11.6 Å². The highest BCUT2D eigenvalue weighted by Gasteiger charge is 2.34. The van der Waals surface area contributed by atoms with E-state index >= 15 is 0 Å². The fourth-order valence-corrected chi connectivity index (χ4v) is 2.68. The van der Waals surface area contributed by atoms with Gasteiger partial charge in [-0.05, 0) is 43.2 Å². The molecule has 0 heterocycles. The Morgan fingerprint density at radius 2 is 1.86 bits per heavy atom. The van der Waals surface area contributed by atoms with Crippen molar-refractivity contribution in [1.82, 2.24) is 0 Å². The topological polar surface area (TPSA) is 64.6 Å². The molecule has 0 aliphatic heterocycles. The Hall–Kier alpha value is -2.74. The maximum Gasteiger partial charge on any atom is 0.418 e. The van der Waals surface area contributed by atoms with Gasteiger partial charge in [0.2, 0.25) is 0 Å². The number of amides is 1. The molecule has 0 aliphatic rings. The molecule has 0 aromatic heterocycles. The average Bonchev–Trinajstić information content (AvgIpc) is 2.66. The van der Waals surface area contributed by atoms with E-state index in [9.17, 15) is 22.8 Å². The zero-order valence-corrected chi connectivity index (χ0v) is 16.3. The summed E-state index contributed by atoms with van der Waals surface area (Å²) in [6, 6.07) is 10.2. The van der Waals surface area contributed by atoms with E-state index in [-0.39, 0.29) is 11.4 Å². The van der Waals surface area contributed by atoms with E-state index in [0.717, 1.165) is 11.6 Å². The molecule has 0 spiro atoms. The molecule has 0 aliphatic carbocycles. The van der Waals surface area contributed by atoms with Gasteiger partial charge in [-0.15, -0.1) is 0 Å². The molecule has 0 unspecified atom stereocenters. The molecule has 0 atom stereocenters. The quantitative estimate of drug-likeness (QED) is 0.608. The molecule has 156 valence electrons. The van der Waals surface area contributed by atoms with Crippen molar-refractivity contribution in [3.8, 4) is 5.75 Å². The maximum absolute atomic E-state index is 13.0. The minimum Gasteiger partial charge on any atom is -0.494 e. The first-order chi connectivity index (χ1) is 13.7. The second kappa shape index (κ2) is 10.2. The van der Waals surface area contributed by atoms with Crippen LogP contribution in [0.25, 0.3) is 0 Å². The van der Waals surface area contributed by atoms with Gasteiger partial charge in [0.25, 0.3) is 5.91 Å². The van der Waals surface area contributed by atoms with Crippen LogP contribution in [0.15, 0.2) is 42.5 Å². The highest BCUT2D eigenvalue weighted by atomic mass is 35.5. The summed E-state index contributed by atoms with van der Waals surface area (Å²) in [5.41, 5.74) is -0.738. The number of carbonyl (C=O) groups excluding carboxylic acids is 2. The van der Waals surface area contributed by atoms with Crippen LogP contribution in [0.3, 0.4) is 0 Å². The highest BCUT2D eigenvalue weighted by molar-refractivity contribution is 6.30. The van der Waals surface area contributed by atoms with Crippen molar-refractivity contribution in [2.75, 3.05) is 18.5 Å². The molecule has 9 heteroatoms. The molecule has 1 amide bonds. The lowest BCUT2D eigenvalue weighted by Crippen LogP contribution is -2.23. The van der Waals surface area contributed by atoms with Crippen LogP contribution in [-0.2, 0) is 26.9 Å². The van der Waals surface area contributed by atoms with Gasteiger partial charge in [-0.3, -0.25) is 9.59 Å². The third-order valence-corrected chi connectivity index (χ3v) is 4.03. The van der Waals surface area contributed by atoms with Gasteiger partial charge in [0.05, 0.1) is 17.9 Å². The van der Waals surface area contributed by atoms with Crippen LogP contribution in [0.4, 0.5) is 18.9 Å².